The van der Waals surface area contributed by atoms with Gasteiger partial charge in [0.2, 0.25) is 0 Å². The predicted octanol–water partition coefficient (Wildman–Crippen LogP) is 2.31. The largest absolute Gasteiger partial charge is 0.398 e. The lowest BCUT2D eigenvalue weighted by atomic mass is 10.0. The van der Waals surface area contributed by atoms with Crippen molar-refractivity contribution in [3.8, 4) is 0 Å². The van der Waals surface area contributed by atoms with E-state index in [1.165, 1.54) is 0 Å². The molecular formula is C16H24N2O2. The molecule has 0 heterocycles. The van der Waals surface area contributed by atoms with E-state index >= 15 is 0 Å². The molecule has 2 rings (SSSR count). The normalized spacial score (nSPS) is 23.1. The van der Waals surface area contributed by atoms with E-state index in [9.17, 15) is 9.90 Å². The van der Waals surface area contributed by atoms with E-state index < -0.39 is 6.10 Å². The Morgan fingerprint density at radius 2 is 1.90 bits per heavy atom. The molecule has 0 bridgehead atoms. The molecule has 20 heavy (non-hydrogen) atoms. The zero-order valence-corrected chi connectivity index (χ0v) is 12.3. The number of rotatable bonds is 2. The number of anilines is 1. The molecule has 0 radical (unpaired) electrons. The van der Waals surface area contributed by atoms with Crippen molar-refractivity contribution in [3.05, 3.63) is 28.8 Å². The standard InChI is InChI=1S/C16H24N2O2/c1-10-8-11(2)13(17)9-12(10)16(20)18-14-6-4-3-5-7-15(14)19/h8-9,14-15,19H,3-7,17H2,1-2H3,(H,18,20). The van der Waals surface area contributed by atoms with Crippen LogP contribution in [0.25, 0.3) is 0 Å². The fraction of sp³-hybridized carbons (Fsp3) is 0.562. The molecule has 0 aliphatic heterocycles. The number of aryl methyl sites for hydroxylation is 2. The van der Waals surface area contributed by atoms with Crippen LogP contribution in [0.5, 0.6) is 0 Å². The van der Waals surface area contributed by atoms with Crippen LogP contribution < -0.4 is 11.1 Å². The summed E-state index contributed by atoms with van der Waals surface area (Å²) in [5.41, 5.74) is 9.01. The molecule has 2 unspecified atom stereocenters. The van der Waals surface area contributed by atoms with Crippen LogP contribution in [0.2, 0.25) is 0 Å². The van der Waals surface area contributed by atoms with Crippen molar-refractivity contribution in [1.82, 2.24) is 5.32 Å². The fourth-order valence-electron chi connectivity index (χ4n) is 2.82. The van der Waals surface area contributed by atoms with E-state index in [2.05, 4.69) is 5.32 Å². The van der Waals surface area contributed by atoms with Crippen LogP contribution in [-0.2, 0) is 0 Å². The summed E-state index contributed by atoms with van der Waals surface area (Å²) in [4.78, 5) is 12.4. The molecule has 1 saturated carbocycles. The molecule has 2 atom stereocenters. The molecule has 4 nitrogen and oxygen atoms in total. The maximum absolute atomic E-state index is 12.4. The smallest absolute Gasteiger partial charge is 0.251 e. The van der Waals surface area contributed by atoms with E-state index in [1.807, 2.05) is 19.9 Å². The average molecular weight is 276 g/mol. The van der Waals surface area contributed by atoms with Crippen LogP contribution in [0.4, 0.5) is 5.69 Å². The Morgan fingerprint density at radius 3 is 2.65 bits per heavy atom. The summed E-state index contributed by atoms with van der Waals surface area (Å²) in [6.07, 6.45) is 4.37. The molecule has 4 N–H and O–H groups in total. The van der Waals surface area contributed by atoms with Gasteiger partial charge in [-0.05, 0) is 43.9 Å². The second kappa shape index (κ2) is 6.27. The van der Waals surface area contributed by atoms with Crippen molar-refractivity contribution in [2.75, 3.05) is 5.73 Å². The molecule has 0 saturated heterocycles. The zero-order valence-electron chi connectivity index (χ0n) is 12.3. The maximum atomic E-state index is 12.4. The first kappa shape index (κ1) is 14.9. The number of hydrogen-bond acceptors (Lipinski definition) is 3. The van der Waals surface area contributed by atoms with Gasteiger partial charge in [-0.1, -0.05) is 25.3 Å². The second-order valence-electron chi connectivity index (χ2n) is 5.81. The topological polar surface area (TPSA) is 75.3 Å². The first-order chi connectivity index (χ1) is 9.49. The minimum absolute atomic E-state index is 0.139. The SMILES string of the molecule is Cc1cc(C)c(C(=O)NC2CCCCCC2O)cc1N. The van der Waals surface area contributed by atoms with Crippen LogP contribution >= 0.6 is 0 Å². The van der Waals surface area contributed by atoms with E-state index in [0.29, 0.717) is 11.3 Å². The lowest BCUT2D eigenvalue weighted by Gasteiger charge is -2.22. The highest BCUT2D eigenvalue weighted by Crippen LogP contribution is 2.21. The quantitative estimate of drug-likeness (QED) is 0.573. The Labute approximate surface area is 120 Å². The summed E-state index contributed by atoms with van der Waals surface area (Å²) in [6.45, 7) is 3.84. The van der Waals surface area contributed by atoms with Crippen LogP contribution in [0.15, 0.2) is 12.1 Å². The highest BCUT2D eigenvalue weighted by molar-refractivity contribution is 5.97. The van der Waals surface area contributed by atoms with Gasteiger partial charge in [0.05, 0.1) is 12.1 Å². The van der Waals surface area contributed by atoms with Gasteiger partial charge in [-0.15, -0.1) is 0 Å². The lowest BCUT2D eigenvalue weighted by Crippen LogP contribution is -2.42. The minimum atomic E-state index is -0.440. The third-order valence-electron chi connectivity index (χ3n) is 4.15. The number of benzene rings is 1. The van der Waals surface area contributed by atoms with Crippen molar-refractivity contribution in [1.29, 1.82) is 0 Å². The number of nitrogens with two attached hydrogens (primary N) is 1. The summed E-state index contributed by atoms with van der Waals surface area (Å²) in [6, 6.07) is 3.50. The number of nitrogens with one attached hydrogen (secondary N) is 1. The summed E-state index contributed by atoms with van der Waals surface area (Å²) < 4.78 is 0. The lowest BCUT2D eigenvalue weighted by molar-refractivity contribution is 0.0818. The predicted molar refractivity (Wildman–Crippen MR) is 80.7 cm³/mol. The van der Waals surface area contributed by atoms with Crippen molar-refractivity contribution in [3.63, 3.8) is 0 Å². The molecule has 0 spiro atoms. The Kier molecular flexibility index (Phi) is 4.65. The molecule has 1 aliphatic carbocycles. The van der Waals surface area contributed by atoms with Crippen LogP contribution in [-0.4, -0.2) is 23.2 Å². The Morgan fingerprint density at radius 1 is 1.20 bits per heavy atom. The number of carbonyl (C=O) groups is 1. The summed E-state index contributed by atoms with van der Waals surface area (Å²) >= 11 is 0. The third kappa shape index (κ3) is 3.31. The summed E-state index contributed by atoms with van der Waals surface area (Å²) in [5, 5.41) is 13.0. The van der Waals surface area contributed by atoms with Gasteiger partial charge in [-0.25, -0.2) is 0 Å². The first-order valence-corrected chi connectivity index (χ1v) is 7.34. The number of nitrogen functional groups attached to an aromatic ring is 1. The van der Waals surface area contributed by atoms with Gasteiger partial charge in [-0.2, -0.15) is 0 Å². The van der Waals surface area contributed by atoms with Gasteiger partial charge in [0, 0.05) is 11.3 Å². The van der Waals surface area contributed by atoms with Gasteiger partial charge in [-0.3, -0.25) is 4.79 Å². The van der Waals surface area contributed by atoms with Crippen molar-refractivity contribution in [2.45, 2.75) is 58.1 Å². The van der Waals surface area contributed by atoms with Gasteiger partial charge < -0.3 is 16.2 Å². The van der Waals surface area contributed by atoms with Gasteiger partial charge in [0.25, 0.3) is 5.91 Å². The fourth-order valence-corrected chi connectivity index (χ4v) is 2.82. The third-order valence-corrected chi connectivity index (χ3v) is 4.15. The van der Waals surface area contributed by atoms with Gasteiger partial charge in [0.1, 0.15) is 0 Å². The molecule has 110 valence electrons. The van der Waals surface area contributed by atoms with Crippen LogP contribution in [0, 0.1) is 13.8 Å². The number of hydrogen-bond donors (Lipinski definition) is 3. The Hall–Kier alpha value is -1.55. The molecule has 1 amide bonds. The molecule has 1 fully saturated rings. The number of aliphatic hydroxyl groups excluding tert-OH is 1. The van der Waals surface area contributed by atoms with Gasteiger partial charge in [0.15, 0.2) is 0 Å². The van der Waals surface area contributed by atoms with Crippen molar-refractivity contribution < 1.29 is 9.90 Å². The number of aliphatic hydroxyl groups is 1. The summed E-state index contributed by atoms with van der Waals surface area (Å²) in [7, 11) is 0. The first-order valence-electron chi connectivity index (χ1n) is 7.34. The van der Waals surface area contributed by atoms with E-state index in [1.54, 1.807) is 6.07 Å². The monoisotopic (exact) mass is 276 g/mol. The average Bonchev–Trinajstić information content (AvgIpc) is 2.59. The zero-order chi connectivity index (χ0) is 14.7. The van der Waals surface area contributed by atoms with Crippen LogP contribution in [0.1, 0.15) is 53.6 Å². The molecule has 1 aliphatic rings. The Balaban J connectivity index is 2.13. The second-order valence-corrected chi connectivity index (χ2v) is 5.81. The molecular weight excluding hydrogens is 252 g/mol. The molecule has 0 aromatic heterocycles. The highest BCUT2D eigenvalue weighted by atomic mass is 16.3. The Bertz CT molecular complexity index is 499. The van der Waals surface area contributed by atoms with Gasteiger partial charge >= 0.3 is 0 Å². The van der Waals surface area contributed by atoms with Crippen molar-refractivity contribution >= 4 is 11.6 Å². The highest BCUT2D eigenvalue weighted by Gasteiger charge is 2.24. The molecule has 1 aromatic carbocycles. The summed E-state index contributed by atoms with van der Waals surface area (Å²) in [5.74, 6) is -0.139. The minimum Gasteiger partial charge on any atom is -0.398 e. The molecule has 4 heteroatoms. The van der Waals surface area contributed by atoms with E-state index in [-0.39, 0.29) is 11.9 Å². The van der Waals surface area contributed by atoms with E-state index in [4.69, 9.17) is 5.73 Å². The number of amides is 1. The number of carbonyl (C=O) groups excluding carboxylic acids is 1. The van der Waals surface area contributed by atoms with Crippen LogP contribution in [0.3, 0.4) is 0 Å². The maximum Gasteiger partial charge on any atom is 0.251 e. The molecule has 1 aromatic rings. The van der Waals surface area contributed by atoms with Crippen molar-refractivity contribution in [2.24, 2.45) is 0 Å². The van der Waals surface area contributed by atoms with E-state index in [0.717, 1.165) is 43.2 Å².